The van der Waals surface area contributed by atoms with Gasteiger partial charge in [0.1, 0.15) is 5.75 Å². The molecular weight excluding hydrogens is 323 g/mol. The molecule has 2 aromatic carbocycles. The van der Waals surface area contributed by atoms with Crippen LogP contribution >= 0.6 is 0 Å². The van der Waals surface area contributed by atoms with Crippen LogP contribution in [0.5, 0.6) is 11.5 Å². The molecule has 7 nitrogen and oxygen atoms in total. The molecule has 0 aliphatic heterocycles. The Balaban J connectivity index is 2.15. The van der Waals surface area contributed by atoms with Crippen molar-refractivity contribution < 1.29 is 24.3 Å². The second-order valence-electron chi connectivity index (χ2n) is 5.32. The molecule has 0 unspecified atom stereocenters. The van der Waals surface area contributed by atoms with Gasteiger partial charge in [-0.2, -0.15) is 0 Å². The number of methoxy groups -OCH3 is 1. The lowest BCUT2D eigenvalue weighted by Crippen LogP contribution is -2.29. The van der Waals surface area contributed by atoms with Gasteiger partial charge in [-0.25, -0.2) is 0 Å². The quantitative estimate of drug-likeness (QED) is 0.463. The van der Waals surface area contributed by atoms with Gasteiger partial charge in [0.25, 0.3) is 6.47 Å². The number of hydrogen-bond donors (Lipinski definition) is 3. The van der Waals surface area contributed by atoms with Crippen molar-refractivity contribution in [3.63, 3.8) is 0 Å². The topological polar surface area (TPSA) is 115 Å². The van der Waals surface area contributed by atoms with Crippen LogP contribution in [-0.2, 0) is 4.79 Å². The van der Waals surface area contributed by atoms with Gasteiger partial charge in [0.15, 0.2) is 5.75 Å². The summed E-state index contributed by atoms with van der Waals surface area (Å²) in [6.45, 7) is 0.296. The molecule has 0 radical (unpaired) electrons. The van der Waals surface area contributed by atoms with Crippen molar-refractivity contribution in [1.29, 1.82) is 0 Å². The van der Waals surface area contributed by atoms with Crippen LogP contribution in [0.2, 0.25) is 0 Å². The molecule has 4 N–H and O–H groups in total. The van der Waals surface area contributed by atoms with Crippen molar-refractivity contribution in [2.75, 3.05) is 12.8 Å². The third-order valence-corrected chi connectivity index (χ3v) is 3.88. The van der Waals surface area contributed by atoms with Crippen LogP contribution in [0.4, 0.5) is 5.69 Å². The standard InChI is InChI=1S/C17H15BN2O5/c1-24-15-5-3-11(18(22)23)7-13(15)10-2-4-12-14(6-10)20-8-16(17(12)19)25-9-21/h2-9,22-23H,1H3,(H2,19,20). The Morgan fingerprint density at radius 1 is 1.16 bits per heavy atom. The number of nitrogen functional groups attached to an aromatic ring is 1. The van der Waals surface area contributed by atoms with E-state index in [2.05, 4.69) is 4.98 Å². The normalized spacial score (nSPS) is 10.5. The van der Waals surface area contributed by atoms with Crippen LogP contribution < -0.4 is 20.7 Å². The highest BCUT2D eigenvalue weighted by molar-refractivity contribution is 6.58. The Labute approximate surface area is 143 Å². The summed E-state index contributed by atoms with van der Waals surface area (Å²) in [5.41, 5.74) is 8.71. The number of nitrogens with two attached hydrogens (primary N) is 1. The smallest absolute Gasteiger partial charge is 0.488 e. The number of anilines is 1. The fourth-order valence-corrected chi connectivity index (χ4v) is 2.62. The van der Waals surface area contributed by atoms with E-state index in [0.29, 0.717) is 39.8 Å². The van der Waals surface area contributed by atoms with Crippen molar-refractivity contribution in [3.8, 4) is 22.6 Å². The number of rotatable bonds is 5. The molecule has 1 aromatic heterocycles. The van der Waals surface area contributed by atoms with Gasteiger partial charge in [-0.05, 0) is 29.2 Å². The van der Waals surface area contributed by atoms with Gasteiger partial charge < -0.3 is 25.3 Å². The molecule has 1 heterocycles. The number of pyridine rings is 1. The van der Waals surface area contributed by atoms with Crippen LogP contribution in [0, 0.1) is 0 Å². The molecular formula is C17H15BN2O5. The van der Waals surface area contributed by atoms with E-state index in [9.17, 15) is 14.8 Å². The van der Waals surface area contributed by atoms with E-state index in [4.69, 9.17) is 15.2 Å². The number of hydrogen-bond acceptors (Lipinski definition) is 7. The maximum atomic E-state index is 10.5. The predicted molar refractivity (Wildman–Crippen MR) is 94.7 cm³/mol. The first kappa shape index (κ1) is 16.8. The minimum Gasteiger partial charge on any atom is -0.496 e. The average Bonchev–Trinajstić information content (AvgIpc) is 2.63. The fourth-order valence-electron chi connectivity index (χ4n) is 2.62. The van der Waals surface area contributed by atoms with E-state index in [1.807, 2.05) is 0 Å². The molecule has 0 amide bonds. The van der Waals surface area contributed by atoms with Crippen molar-refractivity contribution in [3.05, 3.63) is 42.6 Å². The van der Waals surface area contributed by atoms with E-state index in [1.165, 1.54) is 13.3 Å². The maximum absolute atomic E-state index is 10.5. The zero-order valence-electron chi connectivity index (χ0n) is 13.3. The van der Waals surface area contributed by atoms with Gasteiger partial charge in [-0.3, -0.25) is 9.78 Å². The maximum Gasteiger partial charge on any atom is 0.488 e. The molecule has 3 aromatic rings. The molecule has 0 saturated heterocycles. The van der Waals surface area contributed by atoms with E-state index in [0.717, 1.165) is 5.56 Å². The summed E-state index contributed by atoms with van der Waals surface area (Å²) in [7, 11) is -0.0456. The number of aromatic nitrogens is 1. The summed E-state index contributed by atoms with van der Waals surface area (Å²) in [5, 5.41) is 19.4. The minimum absolute atomic E-state index is 0.193. The number of ether oxygens (including phenoxy) is 2. The number of benzene rings is 2. The van der Waals surface area contributed by atoms with Gasteiger partial charge in [0, 0.05) is 10.9 Å². The lowest BCUT2D eigenvalue weighted by molar-refractivity contribution is -0.120. The van der Waals surface area contributed by atoms with Gasteiger partial charge in [-0.15, -0.1) is 0 Å². The van der Waals surface area contributed by atoms with Gasteiger partial charge in [0.2, 0.25) is 0 Å². The predicted octanol–water partition coefficient (Wildman–Crippen LogP) is 0.708. The average molecular weight is 338 g/mol. The Bertz CT molecular complexity index is 946. The Kier molecular flexibility index (Phi) is 4.56. The first-order valence-electron chi connectivity index (χ1n) is 7.38. The summed E-state index contributed by atoms with van der Waals surface area (Å²) < 4.78 is 10.1. The monoisotopic (exact) mass is 338 g/mol. The third kappa shape index (κ3) is 3.12. The highest BCUT2D eigenvalue weighted by atomic mass is 16.5. The zero-order chi connectivity index (χ0) is 18.0. The zero-order valence-corrected chi connectivity index (χ0v) is 13.3. The second-order valence-corrected chi connectivity index (χ2v) is 5.32. The van der Waals surface area contributed by atoms with Gasteiger partial charge in [0.05, 0.1) is 24.5 Å². The second kappa shape index (κ2) is 6.80. The number of fused-ring (bicyclic) bond motifs is 1. The molecule has 0 aliphatic carbocycles. The first-order chi connectivity index (χ1) is 12.0. The Morgan fingerprint density at radius 2 is 1.96 bits per heavy atom. The van der Waals surface area contributed by atoms with Crippen LogP contribution in [0.1, 0.15) is 0 Å². The summed E-state index contributed by atoms with van der Waals surface area (Å²) in [5.74, 6) is 0.774. The molecule has 126 valence electrons. The SMILES string of the molecule is COc1ccc(B(O)O)cc1-c1ccc2c(N)c(OC=O)cnc2c1. The molecule has 25 heavy (non-hydrogen) atoms. The largest absolute Gasteiger partial charge is 0.496 e. The van der Waals surface area contributed by atoms with Crippen molar-refractivity contribution in [1.82, 2.24) is 4.98 Å². The summed E-state index contributed by atoms with van der Waals surface area (Å²) >= 11 is 0. The van der Waals surface area contributed by atoms with Crippen molar-refractivity contribution >= 4 is 35.6 Å². The van der Waals surface area contributed by atoms with E-state index < -0.39 is 7.12 Å². The van der Waals surface area contributed by atoms with Crippen LogP contribution in [0.15, 0.2) is 42.6 Å². The minimum atomic E-state index is -1.58. The molecule has 0 atom stereocenters. The highest BCUT2D eigenvalue weighted by Gasteiger charge is 2.16. The van der Waals surface area contributed by atoms with Gasteiger partial charge in [-0.1, -0.05) is 18.2 Å². The third-order valence-electron chi connectivity index (χ3n) is 3.88. The van der Waals surface area contributed by atoms with E-state index in [1.54, 1.807) is 36.4 Å². The fraction of sp³-hybridized carbons (Fsp3) is 0.0588. The van der Waals surface area contributed by atoms with Crippen LogP contribution in [0.25, 0.3) is 22.0 Å². The summed E-state index contributed by atoms with van der Waals surface area (Å²) in [6, 6.07) is 10.2. The summed E-state index contributed by atoms with van der Waals surface area (Å²) in [6.07, 6.45) is 1.38. The van der Waals surface area contributed by atoms with Gasteiger partial charge >= 0.3 is 7.12 Å². The molecule has 0 saturated carbocycles. The van der Waals surface area contributed by atoms with Crippen molar-refractivity contribution in [2.24, 2.45) is 0 Å². The van der Waals surface area contributed by atoms with Crippen molar-refractivity contribution in [2.45, 2.75) is 0 Å². The van der Waals surface area contributed by atoms with Crippen LogP contribution in [0.3, 0.4) is 0 Å². The van der Waals surface area contributed by atoms with E-state index in [-0.39, 0.29) is 5.75 Å². The Hall–Kier alpha value is -3.10. The highest BCUT2D eigenvalue weighted by Crippen LogP contribution is 2.34. The lowest BCUT2D eigenvalue weighted by atomic mass is 9.79. The first-order valence-corrected chi connectivity index (χ1v) is 7.38. The lowest BCUT2D eigenvalue weighted by Gasteiger charge is -2.12. The number of nitrogens with zero attached hydrogens (tertiary/aromatic N) is 1. The molecule has 0 aliphatic rings. The molecule has 0 bridgehead atoms. The number of carbonyl (C=O) groups is 1. The Morgan fingerprint density at radius 3 is 2.64 bits per heavy atom. The summed E-state index contributed by atoms with van der Waals surface area (Å²) in [4.78, 5) is 14.8. The van der Waals surface area contributed by atoms with E-state index >= 15 is 0 Å². The number of carbonyl (C=O) groups excluding carboxylic acids is 1. The van der Waals surface area contributed by atoms with Crippen LogP contribution in [-0.4, -0.2) is 35.7 Å². The molecule has 8 heteroatoms. The molecule has 3 rings (SSSR count). The molecule has 0 fully saturated rings. The molecule has 0 spiro atoms.